The zero-order valence-electron chi connectivity index (χ0n) is 13.5. The first-order valence-electron chi connectivity index (χ1n) is 8.02. The van der Waals surface area contributed by atoms with Crippen LogP contribution in [-0.2, 0) is 0 Å². The molecule has 1 aromatic rings. The molecule has 1 aromatic carbocycles. The normalized spacial score (nSPS) is 35.0. The molecule has 2 aliphatic carbocycles. The third kappa shape index (κ3) is 2.13. The Morgan fingerprint density at radius 2 is 1.81 bits per heavy atom. The minimum Gasteiger partial charge on any atom is -0.507 e. The van der Waals surface area contributed by atoms with Crippen LogP contribution in [0.2, 0.25) is 0 Å². The van der Waals surface area contributed by atoms with Gasteiger partial charge in [-0.3, -0.25) is 0 Å². The SMILES string of the molecule is CC(NC1C2(C)CCC(C2)C1(C)C)c1c(O)cccc1O. The molecule has 0 radical (unpaired) electrons. The molecule has 4 unspecified atom stereocenters. The summed E-state index contributed by atoms with van der Waals surface area (Å²) < 4.78 is 0. The highest BCUT2D eigenvalue weighted by Gasteiger charge is 2.59. The molecule has 2 fully saturated rings. The molecule has 3 N–H and O–H groups in total. The van der Waals surface area contributed by atoms with Crippen LogP contribution in [0.4, 0.5) is 0 Å². The first-order valence-corrected chi connectivity index (χ1v) is 8.02. The zero-order chi connectivity index (χ0) is 15.4. The maximum atomic E-state index is 10.1. The summed E-state index contributed by atoms with van der Waals surface area (Å²) in [6.45, 7) is 9.13. The number of fused-ring (bicyclic) bond motifs is 2. The molecule has 4 atom stereocenters. The summed E-state index contributed by atoms with van der Waals surface area (Å²) in [7, 11) is 0. The van der Waals surface area contributed by atoms with Crippen LogP contribution >= 0.6 is 0 Å². The molecule has 0 aromatic heterocycles. The Hall–Kier alpha value is -1.22. The molecule has 21 heavy (non-hydrogen) atoms. The molecule has 0 amide bonds. The van der Waals surface area contributed by atoms with Crippen molar-refractivity contribution in [1.82, 2.24) is 5.32 Å². The molecule has 0 heterocycles. The van der Waals surface area contributed by atoms with E-state index in [1.807, 2.05) is 6.92 Å². The Morgan fingerprint density at radius 1 is 1.19 bits per heavy atom. The maximum absolute atomic E-state index is 10.1. The van der Waals surface area contributed by atoms with Gasteiger partial charge in [-0.1, -0.05) is 26.8 Å². The van der Waals surface area contributed by atoms with Gasteiger partial charge in [0.05, 0.1) is 5.56 Å². The van der Waals surface area contributed by atoms with Crippen molar-refractivity contribution in [3.05, 3.63) is 23.8 Å². The summed E-state index contributed by atoms with van der Waals surface area (Å²) >= 11 is 0. The predicted octanol–water partition coefficient (Wildman–Crippen LogP) is 3.96. The van der Waals surface area contributed by atoms with E-state index in [0.717, 1.165) is 5.92 Å². The lowest BCUT2D eigenvalue weighted by Crippen LogP contribution is -2.50. The zero-order valence-corrected chi connectivity index (χ0v) is 13.5. The Bertz CT molecular complexity index is 529. The van der Waals surface area contributed by atoms with Crippen LogP contribution in [0.3, 0.4) is 0 Å². The largest absolute Gasteiger partial charge is 0.507 e. The Balaban J connectivity index is 1.87. The summed E-state index contributed by atoms with van der Waals surface area (Å²) in [5.41, 5.74) is 1.21. The van der Waals surface area contributed by atoms with Gasteiger partial charge in [0.15, 0.2) is 0 Å². The lowest BCUT2D eigenvalue weighted by molar-refractivity contribution is 0.0996. The van der Waals surface area contributed by atoms with Gasteiger partial charge in [-0.2, -0.15) is 0 Å². The highest BCUT2D eigenvalue weighted by Crippen LogP contribution is 2.62. The van der Waals surface area contributed by atoms with E-state index in [9.17, 15) is 10.2 Å². The van der Waals surface area contributed by atoms with Gasteiger partial charge >= 0.3 is 0 Å². The van der Waals surface area contributed by atoms with Gasteiger partial charge in [-0.25, -0.2) is 0 Å². The molecule has 3 rings (SSSR count). The van der Waals surface area contributed by atoms with Gasteiger partial charge in [0.25, 0.3) is 0 Å². The van der Waals surface area contributed by atoms with Gasteiger partial charge in [-0.15, -0.1) is 0 Å². The molecule has 2 aliphatic rings. The highest BCUT2D eigenvalue weighted by molar-refractivity contribution is 5.45. The van der Waals surface area contributed by atoms with Crippen LogP contribution in [0.5, 0.6) is 11.5 Å². The molecule has 2 saturated carbocycles. The Kier molecular flexibility index (Phi) is 3.25. The minimum atomic E-state index is -0.0633. The Labute approximate surface area is 127 Å². The number of phenols is 2. The van der Waals surface area contributed by atoms with Crippen molar-refractivity contribution in [3.63, 3.8) is 0 Å². The van der Waals surface area contributed by atoms with E-state index in [-0.39, 0.29) is 23.0 Å². The highest BCUT2D eigenvalue weighted by atomic mass is 16.3. The summed E-state index contributed by atoms with van der Waals surface area (Å²) in [6, 6.07) is 5.30. The summed E-state index contributed by atoms with van der Waals surface area (Å²) in [5, 5.41) is 23.8. The van der Waals surface area contributed by atoms with Crippen molar-refractivity contribution in [2.75, 3.05) is 0 Å². The summed E-state index contributed by atoms with van der Waals surface area (Å²) in [4.78, 5) is 0. The molecule has 3 heteroatoms. The van der Waals surface area contributed by atoms with E-state index in [1.54, 1.807) is 18.2 Å². The minimum absolute atomic E-state index is 0.0633. The van der Waals surface area contributed by atoms with Crippen molar-refractivity contribution in [2.45, 2.75) is 59.0 Å². The van der Waals surface area contributed by atoms with Crippen LogP contribution < -0.4 is 5.32 Å². The van der Waals surface area contributed by atoms with Crippen molar-refractivity contribution in [2.24, 2.45) is 16.7 Å². The fourth-order valence-corrected chi connectivity index (χ4v) is 5.04. The topological polar surface area (TPSA) is 52.5 Å². The van der Waals surface area contributed by atoms with Crippen LogP contribution in [0.1, 0.15) is 58.6 Å². The van der Waals surface area contributed by atoms with Gasteiger partial charge in [0, 0.05) is 12.1 Å². The number of hydrogen-bond acceptors (Lipinski definition) is 3. The number of nitrogens with one attached hydrogen (secondary N) is 1. The average molecular weight is 289 g/mol. The average Bonchev–Trinajstić information content (AvgIpc) is 2.86. The molecule has 2 bridgehead atoms. The fourth-order valence-electron chi connectivity index (χ4n) is 5.04. The quantitative estimate of drug-likeness (QED) is 0.789. The second-order valence-corrected chi connectivity index (χ2v) is 7.95. The van der Waals surface area contributed by atoms with E-state index in [0.29, 0.717) is 17.0 Å². The number of hydrogen-bond donors (Lipinski definition) is 3. The van der Waals surface area contributed by atoms with Crippen LogP contribution in [0.25, 0.3) is 0 Å². The molecule has 0 spiro atoms. The monoisotopic (exact) mass is 289 g/mol. The summed E-state index contributed by atoms with van der Waals surface area (Å²) in [6.07, 6.45) is 3.90. The van der Waals surface area contributed by atoms with Crippen molar-refractivity contribution in [3.8, 4) is 11.5 Å². The van der Waals surface area contributed by atoms with Crippen LogP contribution in [0.15, 0.2) is 18.2 Å². The number of rotatable bonds is 3. The third-order valence-corrected chi connectivity index (χ3v) is 6.18. The number of benzene rings is 1. The van der Waals surface area contributed by atoms with Gasteiger partial charge in [-0.05, 0) is 55.1 Å². The first-order chi connectivity index (χ1) is 9.75. The van der Waals surface area contributed by atoms with E-state index >= 15 is 0 Å². The molecular weight excluding hydrogens is 262 g/mol. The maximum Gasteiger partial charge on any atom is 0.124 e. The fraction of sp³-hybridized carbons (Fsp3) is 0.667. The van der Waals surface area contributed by atoms with Gasteiger partial charge < -0.3 is 15.5 Å². The van der Waals surface area contributed by atoms with Gasteiger partial charge in [0.1, 0.15) is 11.5 Å². The van der Waals surface area contributed by atoms with E-state index in [4.69, 9.17) is 0 Å². The molecule has 0 saturated heterocycles. The smallest absolute Gasteiger partial charge is 0.124 e. The van der Waals surface area contributed by atoms with Crippen molar-refractivity contribution < 1.29 is 10.2 Å². The third-order valence-electron chi connectivity index (χ3n) is 6.18. The Morgan fingerprint density at radius 3 is 2.33 bits per heavy atom. The molecular formula is C18H27NO2. The van der Waals surface area contributed by atoms with E-state index < -0.39 is 0 Å². The van der Waals surface area contributed by atoms with Crippen LogP contribution in [0, 0.1) is 16.7 Å². The number of aromatic hydroxyl groups is 2. The first kappa shape index (κ1) is 14.7. The standard InChI is InChI=1S/C18H27NO2/c1-11(15-13(20)6-5-7-14(15)21)19-16-17(2,3)12-8-9-18(16,4)10-12/h5-7,11-12,16,19-21H,8-10H2,1-4H3. The van der Waals surface area contributed by atoms with E-state index in [2.05, 4.69) is 26.1 Å². The predicted molar refractivity (Wildman–Crippen MR) is 84.3 cm³/mol. The lowest BCUT2D eigenvalue weighted by atomic mass is 9.68. The van der Waals surface area contributed by atoms with E-state index in [1.165, 1.54) is 19.3 Å². The summed E-state index contributed by atoms with van der Waals surface area (Å²) in [5.74, 6) is 1.12. The molecule has 0 aliphatic heterocycles. The van der Waals surface area contributed by atoms with Crippen molar-refractivity contribution >= 4 is 0 Å². The van der Waals surface area contributed by atoms with Gasteiger partial charge in [0.2, 0.25) is 0 Å². The second kappa shape index (κ2) is 4.64. The number of phenolic OH excluding ortho intramolecular Hbond substituents is 2. The molecule has 116 valence electrons. The van der Waals surface area contributed by atoms with Crippen molar-refractivity contribution in [1.29, 1.82) is 0 Å². The molecule has 3 nitrogen and oxygen atoms in total. The van der Waals surface area contributed by atoms with Crippen LogP contribution in [-0.4, -0.2) is 16.3 Å². The second-order valence-electron chi connectivity index (χ2n) is 7.95. The lowest BCUT2D eigenvalue weighted by Gasteiger charge is -2.44.